The molecule has 2 heterocycles. The molecule has 2 amide bonds. The number of benzene rings is 3. The van der Waals surface area contributed by atoms with Crippen molar-refractivity contribution in [3.05, 3.63) is 119 Å². The summed E-state index contributed by atoms with van der Waals surface area (Å²) < 4.78 is 35.4. The number of carbonyl (C=O) groups excluding carboxylic acids is 2. The maximum absolute atomic E-state index is 16.2. The number of aryl methyl sites for hydroxylation is 1. The molecular formula is C31H24F2N4O3. The molecular weight excluding hydrogens is 514 g/mol. The molecule has 1 saturated carbocycles. The maximum atomic E-state index is 16.2. The number of fused-ring (bicyclic) bond motifs is 1. The van der Waals surface area contributed by atoms with Crippen molar-refractivity contribution in [2.45, 2.75) is 31.7 Å². The Morgan fingerprint density at radius 2 is 1.73 bits per heavy atom. The first-order valence-corrected chi connectivity index (χ1v) is 12.7. The van der Waals surface area contributed by atoms with Crippen molar-refractivity contribution in [3.63, 3.8) is 0 Å². The maximum Gasteiger partial charge on any atom is 0.253 e. The second-order valence-electron chi connectivity index (χ2n) is 10.0. The van der Waals surface area contributed by atoms with Crippen LogP contribution in [0.25, 0.3) is 22.1 Å². The molecule has 0 atom stereocenters. The number of carbonyl (C=O) groups is 2. The summed E-state index contributed by atoms with van der Waals surface area (Å²) >= 11 is 0. The predicted molar refractivity (Wildman–Crippen MR) is 144 cm³/mol. The number of rotatable bonds is 7. The summed E-state index contributed by atoms with van der Waals surface area (Å²) in [6.07, 6.45) is 4.86. The van der Waals surface area contributed by atoms with Crippen molar-refractivity contribution in [1.82, 2.24) is 15.3 Å². The molecule has 0 aliphatic heterocycles. The van der Waals surface area contributed by atoms with E-state index in [0.717, 1.165) is 18.4 Å². The van der Waals surface area contributed by atoms with Crippen LogP contribution in [0.15, 0.2) is 77.5 Å². The van der Waals surface area contributed by atoms with Gasteiger partial charge in [-0.1, -0.05) is 18.2 Å². The third-order valence-electron chi connectivity index (χ3n) is 7.28. The minimum Gasteiger partial charge on any atom is -0.460 e. The topological polar surface area (TPSA) is 111 Å². The van der Waals surface area contributed by atoms with E-state index in [1.54, 1.807) is 60.9 Å². The fraction of sp³-hybridized carbons (Fsp3) is 0.161. The highest BCUT2D eigenvalue weighted by atomic mass is 19.1. The van der Waals surface area contributed by atoms with Crippen LogP contribution in [-0.4, -0.2) is 21.8 Å². The lowest BCUT2D eigenvalue weighted by Gasteiger charge is -2.17. The van der Waals surface area contributed by atoms with E-state index in [-0.39, 0.29) is 40.2 Å². The number of nitrogens with one attached hydrogen (secondary N) is 1. The summed E-state index contributed by atoms with van der Waals surface area (Å²) in [6, 6.07) is 15.6. The van der Waals surface area contributed by atoms with Crippen molar-refractivity contribution in [2.24, 2.45) is 5.73 Å². The van der Waals surface area contributed by atoms with Crippen molar-refractivity contribution < 1.29 is 22.8 Å². The standard InChI is InChI=1S/C31H24F2N4O3/c1-17-3-6-19(29(39)37-31(11-12-31)30-35-13-2-14-36-30)16-22(17)21-9-10-23-25(27(21)33)26(28(34)38)24(40-23)15-18-4-7-20(32)8-5-18/h2-10,13-14,16H,11-12,15H2,1H3,(H2,34,38)(H,37,39). The zero-order valence-electron chi connectivity index (χ0n) is 21.5. The van der Waals surface area contributed by atoms with Gasteiger partial charge in [0.15, 0.2) is 5.82 Å². The fourth-order valence-electron chi connectivity index (χ4n) is 5.00. The Morgan fingerprint density at radius 1 is 1.00 bits per heavy atom. The molecule has 1 fully saturated rings. The lowest BCUT2D eigenvalue weighted by atomic mass is 9.95. The van der Waals surface area contributed by atoms with Gasteiger partial charge < -0.3 is 15.5 Å². The van der Waals surface area contributed by atoms with Crippen molar-refractivity contribution in [1.29, 1.82) is 0 Å². The molecule has 6 rings (SSSR count). The SMILES string of the molecule is Cc1ccc(C(=O)NC2(c3ncccn3)CC2)cc1-c1ccc2oc(Cc3ccc(F)cc3)c(C(N)=O)c2c1F. The molecule has 40 heavy (non-hydrogen) atoms. The normalized spacial score (nSPS) is 13.8. The first-order chi connectivity index (χ1) is 19.3. The Balaban J connectivity index is 1.37. The van der Waals surface area contributed by atoms with Crippen molar-refractivity contribution in [3.8, 4) is 11.1 Å². The van der Waals surface area contributed by atoms with Crippen LogP contribution in [0.3, 0.4) is 0 Å². The van der Waals surface area contributed by atoms with E-state index >= 15 is 4.39 Å². The summed E-state index contributed by atoms with van der Waals surface area (Å²) in [5.41, 5.74) is 7.61. The second kappa shape index (κ2) is 9.68. The van der Waals surface area contributed by atoms with E-state index in [0.29, 0.717) is 22.5 Å². The second-order valence-corrected chi connectivity index (χ2v) is 10.0. The van der Waals surface area contributed by atoms with E-state index in [4.69, 9.17) is 10.2 Å². The van der Waals surface area contributed by atoms with Crippen LogP contribution in [0, 0.1) is 18.6 Å². The smallest absolute Gasteiger partial charge is 0.253 e. The monoisotopic (exact) mass is 538 g/mol. The minimum absolute atomic E-state index is 0.0328. The highest BCUT2D eigenvalue weighted by Gasteiger charge is 2.48. The van der Waals surface area contributed by atoms with Crippen molar-refractivity contribution in [2.75, 3.05) is 0 Å². The molecule has 200 valence electrons. The quantitative estimate of drug-likeness (QED) is 0.281. The molecule has 1 aliphatic rings. The zero-order chi connectivity index (χ0) is 28.0. The van der Waals surface area contributed by atoms with Gasteiger partial charge in [-0.05, 0) is 78.9 Å². The number of nitrogens with zero attached hydrogens (tertiary/aromatic N) is 2. The highest BCUT2D eigenvalue weighted by molar-refractivity contribution is 6.08. The summed E-state index contributed by atoms with van der Waals surface area (Å²) in [5.74, 6) is -1.50. The number of aromatic nitrogens is 2. The van der Waals surface area contributed by atoms with E-state index in [1.165, 1.54) is 12.1 Å². The van der Waals surface area contributed by atoms with Gasteiger partial charge in [0, 0.05) is 29.9 Å². The molecule has 0 radical (unpaired) electrons. The zero-order valence-corrected chi connectivity index (χ0v) is 21.5. The Labute approximate surface area is 228 Å². The van der Waals surface area contributed by atoms with Crippen LogP contribution < -0.4 is 11.1 Å². The number of primary amides is 1. The van der Waals surface area contributed by atoms with Gasteiger partial charge in [0.1, 0.15) is 28.5 Å². The first kappa shape index (κ1) is 25.4. The van der Waals surface area contributed by atoms with Crippen LogP contribution in [0.1, 0.15) is 56.3 Å². The Morgan fingerprint density at radius 3 is 2.40 bits per heavy atom. The molecule has 1 aliphatic carbocycles. The van der Waals surface area contributed by atoms with Crippen molar-refractivity contribution >= 4 is 22.8 Å². The minimum atomic E-state index is -0.838. The van der Waals surface area contributed by atoms with Gasteiger partial charge in [-0.3, -0.25) is 9.59 Å². The number of furan rings is 1. The van der Waals surface area contributed by atoms with E-state index in [2.05, 4.69) is 15.3 Å². The Kier molecular flexibility index (Phi) is 6.14. The Hall–Kier alpha value is -4.92. The van der Waals surface area contributed by atoms with Crippen LogP contribution >= 0.6 is 0 Å². The molecule has 9 heteroatoms. The van der Waals surface area contributed by atoms with Gasteiger partial charge in [0.25, 0.3) is 11.8 Å². The van der Waals surface area contributed by atoms with E-state index < -0.39 is 23.1 Å². The van der Waals surface area contributed by atoms with E-state index in [9.17, 15) is 14.0 Å². The number of halogens is 2. The molecule has 2 aromatic heterocycles. The van der Waals surface area contributed by atoms with Gasteiger partial charge in [-0.25, -0.2) is 18.7 Å². The third-order valence-corrected chi connectivity index (χ3v) is 7.28. The van der Waals surface area contributed by atoms with Gasteiger partial charge in [-0.15, -0.1) is 0 Å². The third kappa shape index (κ3) is 4.49. The molecule has 3 N–H and O–H groups in total. The van der Waals surface area contributed by atoms with E-state index in [1.807, 2.05) is 6.92 Å². The number of nitrogens with two attached hydrogens (primary N) is 1. The van der Waals surface area contributed by atoms with Gasteiger partial charge in [0.05, 0.1) is 10.9 Å². The molecule has 0 saturated heterocycles. The fourth-order valence-corrected chi connectivity index (χ4v) is 5.00. The largest absolute Gasteiger partial charge is 0.460 e. The van der Waals surface area contributed by atoms with Crippen LogP contribution in [0.4, 0.5) is 8.78 Å². The highest BCUT2D eigenvalue weighted by Crippen LogP contribution is 2.44. The average Bonchev–Trinajstić information content (AvgIpc) is 3.63. The molecule has 0 spiro atoms. The lowest BCUT2D eigenvalue weighted by Crippen LogP contribution is -2.36. The molecule has 7 nitrogen and oxygen atoms in total. The summed E-state index contributed by atoms with van der Waals surface area (Å²) in [7, 11) is 0. The first-order valence-electron chi connectivity index (χ1n) is 12.7. The van der Waals surface area contributed by atoms with Gasteiger partial charge in [-0.2, -0.15) is 0 Å². The van der Waals surface area contributed by atoms with Gasteiger partial charge >= 0.3 is 0 Å². The van der Waals surface area contributed by atoms with Crippen LogP contribution in [0.5, 0.6) is 0 Å². The van der Waals surface area contributed by atoms with Gasteiger partial charge in [0.2, 0.25) is 0 Å². The number of hydrogen-bond donors (Lipinski definition) is 2. The average molecular weight is 539 g/mol. The van der Waals surface area contributed by atoms with Crippen LogP contribution in [0.2, 0.25) is 0 Å². The summed E-state index contributed by atoms with van der Waals surface area (Å²) in [4.78, 5) is 34.3. The Bertz CT molecular complexity index is 1780. The molecule has 3 aromatic carbocycles. The summed E-state index contributed by atoms with van der Waals surface area (Å²) in [6.45, 7) is 1.81. The predicted octanol–water partition coefficient (Wildman–Crippen LogP) is 5.59. The number of hydrogen-bond acceptors (Lipinski definition) is 5. The number of amides is 2. The summed E-state index contributed by atoms with van der Waals surface area (Å²) in [5, 5.41) is 3.01. The molecule has 0 bridgehead atoms. The molecule has 5 aromatic rings. The lowest BCUT2D eigenvalue weighted by molar-refractivity contribution is 0.0927. The molecule has 0 unspecified atom stereocenters. The van der Waals surface area contributed by atoms with Crippen LogP contribution in [-0.2, 0) is 12.0 Å².